The SMILES string of the molecule is O=C(CCNC(=O)c1ccc(F)cc1F)NC1CCN(C(=O)C2CC2)CC1. The fourth-order valence-corrected chi connectivity index (χ4v) is 3.19. The molecule has 1 saturated carbocycles. The van der Waals surface area contributed by atoms with E-state index in [9.17, 15) is 23.2 Å². The minimum atomic E-state index is -0.940. The van der Waals surface area contributed by atoms with Crippen LogP contribution in [0.3, 0.4) is 0 Å². The molecule has 1 aromatic carbocycles. The van der Waals surface area contributed by atoms with Crippen LogP contribution in [-0.4, -0.2) is 48.3 Å². The van der Waals surface area contributed by atoms with Crippen molar-refractivity contribution >= 4 is 17.7 Å². The van der Waals surface area contributed by atoms with Gasteiger partial charge in [-0.2, -0.15) is 0 Å². The van der Waals surface area contributed by atoms with E-state index in [2.05, 4.69) is 10.6 Å². The Bertz CT molecular complexity index is 729. The van der Waals surface area contributed by atoms with E-state index in [-0.39, 0.29) is 42.3 Å². The van der Waals surface area contributed by atoms with E-state index in [1.54, 1.807) is 0 Å². The first-order valence-electron chi connectivity index (χ1n) is 9.25. The van der Waals surface area contributed by atoms with Gasteiger partial charge in [0.2, 0.25) is 11.8 Å². The van der Waals surface area contributed by atoms with Crippen LogP contribution < -0.4 is 10.6 Å². The number of nitrogens with zero attached hydrogens (tertiary/aromatic N) is 1. The number of nitrogens with one attached hydrogen (secondary N) is 2. The fourth-order valence-electron chi connectivity index (χ4n) is 3.19. The van der Waals surface area contributed by atoms with Crippen molar-refractivity contribution < 1.29 is 23.2 Å². The molecular formula is C19H23F2N3O3. The lowest BCUT2D eigenvalue weighted by atomic mass is 10.0. The highest BCUT2D eigenvalue weighted by atomic mass is 19.1. The number of amides is 3. The van der Waals surface area contributed by atoms with Crippen molar-refractivity contribution in [1.29, 1.82) is 0 Å². The molecule has 0 unspecified atom stereocenters. The molecule has 27 heavy (non-hydrogen) atoms. The van der Waals surface area contributed by atoms with Gasteiger partial charge in [0.15, 0.2) is 0 Å². The van der Waals surface area contributed by atoms with Gasteiger partial charge in [-0.15, -0.1) is 0 Å². The number of rotatable bonds is 6. The van der Waals surface area contributed by atoms with Crippen molar-refractivity contribution in [3.63, 3.8) is 0 Å². The number of halogens is 2. The van der Waals surface area contributed by atoms with Crippen LogP contribution in [-0.2, 0) is 9.59 Å². The second kappa shape index (κ2) is 8.45. The summed E-state index contributed by atoms with van der Waals surface area (Å²) in [5.74, 6) is -2.15. The topological polar surface area (TPSA) is 78.5 Å². The highest BCUT2D eigenvalue weighted by Gasteiger charge is 2.35. The quantitative estimate of drug-likeness (QED) is 0.788. The van der Waals surface area contributed by atoms with Crippen molar-refractivity contribution in [3.05, 3.63) is 35.4 Å². The van der Waals surface area contributed by atoms with Gasteiger partial charge in [-0.1, -0.05) is 0 Å². The zero-order chi connectivity index (χ0) is 19.4. The van der Waals surface area contributed by atoms with Gasteiger partial charge >= 0.3 is 0 Å². The molecular weight excluding hydrogens is 356 g/mol. The molecule has 1 aliphatic carbocycles. The highest BCUT2D eigenvalue weighted by molar-refractivity contribution is 5.94. The third kappa shape index (κ3) is 5.24. The third-order valence-corrected chi connectivity index (χ3v) is 4.91. The summed E-state index contributed by atoms with van der Waals surface area (Å²) in [6.45, 7) is 1.36. The van der Waals surface area contributed by atoms with E-state index in [1.165, 1.54) is 0 Å². The number of carbonyl (C=O) groups is 3. The number of hydrogen-bond acceptors (Lipinski definition) is 3. The molecule has 0 aromatic heterocycles. The van der Waals surface area contributed by atoms with Gasteiger partial charge in [0, 0.05) is 44.1 Å². The van der Waals surface area contributed by atoms with Crippen molar-refractivity contribution in [2.75, 3.05) is 19.6 Å². The van der Waals surface area contributed by atoms with Gasteiger partial charge in [0.25, 0.3) is 5.91 Å². The Morgan fingerprint density at radius 3 is 2.41 bits per heavy atom. The molecule has 2 fully saturated rings. The Hall–Kier alpha value is -2.51. The minimum Gasteiger partial charge on any atom is -0.353 e. The predicted molar refractivity (Wildman–Crippen MR) is 93.8 cm³/mol. The van der Waals surface area contributed by atoms with Gasteiger partial charge in [-0.3, -0.25) is 14.4 Å². The Labute approximate surface area is 156 Å². The molecule has 3 rings (SSSR count). The minimum absolute atomic E-state index is 0.0194. The van der Waals surface area contributed by atoms with Crippen LogP contribution in [0.25, 0.3) is 0 Å². The maximum Gasteiger partial charge on any atom is 0.254 e. The average Bonchev–Trinajstić information content (AvgIpc) is 3.46. The van der Waals surface area contributed by atoms with E-state index in [0.717, 1.165) is 37.8 Å². The molecule has 1 heterocycles. The van der Waals surface area contributed by atoms with E-state index >= 15 is 0 Å². The van der Waals surface area contributed by atoms with Gasteiger partial charge in [0.05, 0.1) is 5.56 Å². The van der Waals surface area contributed by atoms with Crippen molar-refractivity contribution in [3.8, 4) is 0 Å². The molecule has 2 N–H and O–H groups in total. The van der Waals surface area contributed by atoms with Crippen molar-refractivity contribution in [2.24, 2.45) is 5.92 Å². The van der Waals surface area contributed by atoms with E-state index < -0.39 is 17.5 Å². The number of likely N-dealkylation sites (tertiary alicyclic amines) is 1. The number of piperidine rings is 1. The second-order valence-corrected chi connectivity index (χ2v) is 7.07. The van der Waals surface area contributed by atoms with Gasteiger partial charge in [-0.25, -0.2) is 8.78 Å². The molecule has 3 amide bonds. The van der Waals surface area contributed by atoms with Gasteiger partial charge in [0.1, 0.15) is 11.6 Å². The normalized spacial score (nSPS) is 17.5. The van der Waals surface area contributed by atoms with E-state index in [4.69, 9.17) is 0 Å². The van der Waals surface area contributed by atoms with E-state index in [1.807, 2.05) is 4.90 Å². The molecule has 2 aliphatic rings. The molecule has 0 radical (unpaired) electrons. The number of benzene rings is 1. The number of hydrogen-bond donors (Lipinski definition) is 2. The fraction of sp³-hybridized carbons (Fsp3) is 0.526. The average molecular weight is 379 g/mol. The first-order valence-corrected chi connectivity index (χ1v) is 9.25. The van der Waals surface area contributed by atoms with Crippen LogP contribution in [0.5, 0.6) is 0 Å². The predicted octanol–water partition coefficient (Wildman–Crippen LogP) is 1.60. The molecule has 1 aromatic rings. The maximum absolute atomic E-state index is 13.5. The third-order valence-electron chi connectivity index (χ3n) is 4.91. The first kappa shape index (κ1) is 19.3. The zero-order valence-corrected chi connectivity index (χ0v) is 15.0. The van der Waals surface area contributed by atoms with Crippen molar-refractivity contribution in [2.45, 2.75) is 38.1 Å². The number of carbonyl (C=O) groups excluding carboxylic acids is 3. The molecule has 146 valence electrons. The molecule has 8 heteroatoms. The molecule has 0 spiro atoms. The van der Waals surface area contributed by atoms with Gasteiger partial charge < -0.3 is 15.5 Å². The van der Waals surface area contributed by atoms with Crippen LogP contribution in [0, 0.1) is 17.6 Å². The van der Waals surface area contributed by atoms with E-state index in [0.29, 0.717) is 19.2 Å². The van der Waals surface area contributed by atoms with Crippen LogP contribution in [0.1, 0.15) is 42.5 Å². The summed E-state index contributed by atoms with van der Waals surface area (Å²) in [5, 5.41) is 5.36. The highest BCUT2D eigenvalue weighted by Crippen LogP contribution is 2.31. The summed E-state index contributed by atoms with van der Waals surface area (Å²) < 4.78 is 26.4. The lowest BCUT2D eigenvalue weighted by Gasteiger charge is -2.32. The standard InChI is InChI=1S/C19H23F2N3O3/c20-13-3-4-15(16(21)11-13)18(26)22-8-5-17(25)23-14-6-9-24(10-7-14)19(27)12-1-2-12/h3-4,11-12,14H,1-2,5-10H2,(H,22,26)(H,23,25). The Morgan fingerprint density at radius 1 is 1.07 bits per heavy atom. The first-order chi connectivity index (χ1) is 12.9. The lowest BCUT2D eigenvalue weighted by Crippen LogP contribution is -2.47. The summed E-state index contributed by atoms with van der Waals surface area (Å²) in [5.41, 5.74) is -0.260. The zero-order valence-electron chi connectivity index (χ0n) is 15.0. The van der Waals surface area contributed by atoms with Crippen LogP contribution in [0.4, 0.5) is 8.78 Å². The summed E-state index contributed by atoms with van der Waals surface area (Å²) in [4.78, 5) is 37.8. The summed E-state index contributed by atoms with van der Waals surface area (Å²) in [6.07, 6.45) is 3.48. The molecule has 6 nitrogen and oxygen atoms in total. The Balaban J connectivity index is 1.35. The molecule has 0 bridgehead atoms. The molecule has 1 aliphatic heterocycles. The monoisotopic (exact) mass is 379 g/mol. The van der Waals surface area contributed by atoms with Crippen molar-refractivity contribution in [1.82, 2.24) is 15.5 Å². The lowest BCUT2D eigenvalue weighted by molar-refractivity contribution is -0.133. The van der Waals surface area contributed by atoms with Crippen LogP contribution in [0.2, 0.25) is 0 Å². The smallest absolute Gasteiger partial charge is 0.254 e. The molecule has 1 saturated heterocycles. The summed E-state index contributed by atoms with van der Waals surface area (Å²) in [6, 6.07) is 2.73. The largest absolute Gasteiger partial charge is 0.353 e. The Kier molecular flexibility index (Phi) is 6.03. The maximum atomic E-state index is 13.5. The second-order valence-electron chi connectivity index (χ2n) is 7.07. The summed E-state index contributed by atoms with van der Waals surface area (Å²) in [7, 11) is 0. The summed E-state index contributed by atoms with van der Waals surface area (Å²) >= 11 is 0. The van der Waals surface area contributed by atoms with Crippen LogP contribution >= 0.6 is 0 Å². The Morgan fingerprint density at radius 2 is 1.78 bits per heavy atom. The van der Waals surface area contributed by atoms with Gasteiger partial charge in [-0.05, 0) is 37.8 Å². The molecule has 0 atom stereocenters. The van der Waals surface area contributed by atoms with Crippen LogP contribution in [0.15, 0.2) is 18.2 Å².